The van der Waals surface area contributed by atoms with Crippen molar-refractivity contribution >= 4 is 22.6 Å². The number of hydrogen-bond donors (Lipinski definition) is 0. The minimum absolute atomic E-state index is 0.437. The molecule has 0 fully saturated rings. The van der Waals surface area contributed by atoms with Gasteiger partial charge in [0, 0.05) is 3.57 Å². The Hall–Kier alpha value is -0.0500. The summed E-state index contributed by atoms with van der Waals surface area (Å²) < 4.78 is 1.32. The van der Waals surface area contributed by atoms with Gasteiger partial charge in [-0.25, -0.2) is 0 Å². The minimum Gasteiger partial charge on any atom is -0.0649 e. The molecule has 0 bridgehead atoms. The van der Waals surface area contributed by atoms with E-state index < -0.39 is 0 Å². The SMILES string of the molecule is CCC(C)(C)Cc1ccc(I)cc1. The second kappa shape index (κ2) is 4.45. The average molecular weight is 288 g/mol. The molecule has 0 amide bonds. The highest BCUT2D eigenvalue weighted by molar-refractivity contribution is 14.1. The Balaban J connectivity index is 2.69. The predicted molar refractivity (Wildman–Crippen MR) is 66.9 cm³/mol. The highest BCUT2D eigenvalue weighted by Gasteiger charge is 2.15. The fraction of sp³-hybridized carbons (Fsp3) is 0.500. The van der Waals surface area contributed by atoms with Gasteiger partial charge in [-0.05, 0) is 52.1 Å². The topological polar surface area (TPSA) is 0 Å². The molecule has 0 N–H and O–H groups in total. The van der Waals surface area contributed by atoms with Crippen molar-refractivity contribution in [2.45, 2.75) is 33.6 Å². The van der Waals surface area contributed by atoms with Crippen LogP contribution in [0.25, 0.3) is 0 Å². The lowest BCUT2D eigenvalue weighted by Crippen LogP contribution is -2.13. The lowest BCUT2D eigenvalue weighted by atomic mass is 9.83. The van der Waals surface area contributed by atoms with Crippen molar-refractivity contribution in [1.29, 1.82) is 0 Å². The van der Waals surface area contributed by atoms with Crippen LogP contribution in [0.15, 0.2) is 24.3 Å². The largest absolute Gasteiger partial charge is 0.0649 e. The van der Waals surface area contributed by atoms with E-state index in [1.807, 2.05) is 0 Å². The Morgan fingerprint density at radius 1 is 1.15 bits per heavy atom. The fourth-order valence-corrected chi connectivity index (χ4v) is 1.64. The third-order valence-electron chi connectivity index (χ3n) is 2.55. The molecule has 0 aliphatic rings. The highest BCUT2D eigenvalue weighted by atomic mass is 127. The Morgan fingerprint density at radius 2 is 1.69 bits per heavy atom. The molecule has 0 atom stereocenters. The van der Waals surface area contributed by atoms with Gasteiger partial charge in [-0.2, -0.15) is 0 Å². The Labute approximate surface area is 94.9 Å². The van der Waals surface area contributed by atoms with Gasteiger partial charge in [0.1, 0.15) is 0 Å². The molecule has 0 spiro atoms. The van der Waals surface area contributed by atoms with Crippen molar-refractivity contribution in [1.82, 2.24) is 0 Å². The summed E-state index contributed by atoms with van der Waals surface area (Å²) in [5, 5.41) is 0. The number of hydrogen-bond acceptors (Lipinski definition) is 0. The van der Waals surface area contributed by atoms with Gasteiger partial charge in [0.25, 0.3) is 0 Å². The second-order valence-electron chi connectivity index (χ2n) is 4.32. The third-order valence-corrected chi connectivity index (χ3v) is 3.27. The Bertz CT molecular complexity index is 259. The summed E-state index contributed by atoms with van der Waals surface area (Å²) in [6.45, 7) is 6.91. The average Bonchev–Trinajstić information content (AvgIpc) is 2.09. The molecule has 0 nitrogen and oxygen atoms in total. The summed E-state index contributed by atoms with van der Waals surface area (Å²) in [5.74, 6) is 0. The van der Waals surface area contributed by atoms with E-state index in [2.05, 4.69) is 67.6 Å². The zero-order chi connectivity index (χ0) is 9.90. The monoisotopic (exact) mass is 288 g/mol. The standard InChI is InChI=1S/C12H17I/c1-4-12(2,3)9-10-5-7-11(13)8-6-10/h5-8H,4,9H2,1-3H3. The molecular weight excluding hydrogens is 271 g/mol. The van der Waals surface area contributed by atoms with Crippen LogP contribution in [-0.2, 0) is 6.42 Å². The van der Waals surface area contributed by atoms with Crippen molar-refractivity contribution in [2.75, 3.05) is 0 Å². The maximum absolute atomic E-state index is 2.34. The lowest BCUT2D eigenvalue weighted by Gasteiger charge is -2.22. The Kier molecular flexibility index (Phi) is 3.77. The predicted octanol–water partition coefficient (Wildman–Crippen LogP) is 4.27. The van der Waals surface area contributed by atoms with Crippen LogP contribution in [0.3, 0.4) is 0 Å². The molecule has 1 heteroatoms. The first kappa shape index (κ1) is 11.0. The highest BCUT2D eigenvalue weighted by Crippen LogP contribution is 2.25. The van der Waals surface area contributed by atoms with Gasteiger partial charge in [-0.3, -0.25) is 0 Å². The summed E-state index contributed by atoms with van der Waals surface area (Å²) in [6, 6.07) is 8.83. The maximum atomic E-state index is 2.34. The number of rotatable bonds is 3. The second-order valence-corrected chi connectivity index (χ2v) is 5.57. The molecule has 0 aliphatic carbocycles. The summed E-state index contributed by atoms with van der Waals surface area (Å²) in [4.78, 5) is 0. The Morgan fingerprint density at radius 3 is 2.15 bits per heavy atom. The van der Waals surface area contributed by atoms with Crippen LogP contribution in [-0.4, -0.2) is 0 Å². The van der Waals surface area contributed by atoms with Crippen LogP contribution in [0, 0.1) is 8.99 Å². The van der Waals surface area contributed by atoms with E-state index in [-0.39, 0.29) is 0 Å². The molecular formula is C12H17I. The zero-order valence-corrected chi connectivity index (χ0v) is 10.8. The van der Waals surface area contributed by atoms with Crippen LogP contribution in [0.1, 0.15) is 32.8 Å². The van der Waals surface area contributed by atoms with E-state index in [0.717, 1.165) is 0 Å². The summed E-state index contributed by atoms with van der Waals surface area (Å²) in [7, 11) is 0. The zero-order valence-electron chi connectivity index (χ0n) is 8.60. The fourth-order valence-electron chi connectivity index (χ4n) is 1.28. The smallest absolute Gasteiger partial charge is 0.0130 e. The van der Waals surface area contributed by atoms with Crippen molar-refractivity contribution in [3.05, 3.63) is 33.4 Å². The summed E-state index contributed by atoms with van der Waals surface area (Å²) >= 11 is 2.34. The maximum Gasteiger partial charge on any atom is 0.0130 e. The first-order valence-electron chi connectivity index (χ1n) is 4.78. The van der Waals surface area contributed by atoms with Gasteiger partial charge >= 0.3 is 0 Å². The van der Waals surface area contributed by atoms with Crippen molar-refractivity contribution in [2.24, 2.45) is 5.41 Å². The lowest BCUT2D eigenvalue weighted by molar-refractivity contribution is 0.349. The molecule has 0 radical (unpaired) electrons. The van der Waals surface area contributed by atoms with E-state index in [1.54, 1.807) is 0 Å². The summed E-state index contributed by atoms with van der Waals surface area (Å²) in [5.41, 5.74) is 1.89. The molecule has 1 rings (SSSR count). The molecule has 0 heterocycles. The molecule has 0 saturated carbocycles. The van der Waals surface area contributed by atoms with Crippen molar-refractivity contribution in [3.63, 3.8) is 0 Å². The van der Waals surface area contributed by atoms with E-state index in [0.29, 0.717) is 5.41 Å². The van der Waals surface area contributed by atoms with Gasteiger partial charge in [-0.15, -0.1) is 0 Å². The van der Waals surface area contributed by atoms with Crippen molar-refractivity contribution < 1.29 is 0 Å². The van der Waals surface area contributed by atoms with Crippen LogP contribution >= 0.6 is 22.6 Å². The molecule has 1 aromatic carbocycles. The van der Waals surface area contributed by atoms with Gasteiger partial charge in [0.15, 0.2) is 0 Å². The number of halogens is 1. The molecule has 0 aliphatic heterocycles. The molecule has 1 aromatic rings. The van der Waals surface area contributed by atoms with Crippen LogP contribution in [0.5, 0.6) is 0 Å². The quantitative estimate of drug-likeness (QED) is 0.729. The van der Waals surface area contributed by atoms with E-state index >= 15 is 0 Å². The van der Waals surface area contributed by atoms with Gasteiger partial charge < -0.3 is 0 Å². The van der Waals surface area contributed by atoms with Crippen LogP contribution < -0.4 is 0 Å². The summed E-state index contributed by atoms with van der Waals surface area (Å²) in [6.07, 6.45) is 2.42. The third kappa shape index (κ3) is 3.67. The minimum atomic E-state index is 0.437. The van der Waals surface area contributed by atoms with Gasteiger partial charge in [0.05, 0.1) is 0 Å². The molecule has 13 heavy (non-hydrogen) atoms. The normalized spacial score (nSPS) is 11.7. The first-order chi connectivity index (χ1) is 6.03. The first-order valence-corrected chi connectivity index (χ1v) is 5.86. The number of benzene rings is 1. The molecule has 0 aromatic heterocycles. The van der Waals surface area contributed by atoms with Gasteiger partial charge in [0.2, 0.25) is 0 Å². The van der Waals surface area contributed by atoms with Gasteiger partial charge in [-0.1, -0.05) is 39.3 Å². The van der Waals surface area contributed by atoms with E-state index in [9.17, 15) is 0 Å². The van der Waals surface area contributed by atoms with Crippen LogP contribution in [0.4, 0.5) is 0 Å². The van der Waals surface area contributed by atoms with E-state index in [4.69, 9.17) is 0 Å². The van der Waals surface area contributed by atoms with Crippen molar-refractivity contribution in [3.8, 4) is 0 Å². The molecule has 72 valence electrons. The van der Waals surface area contributed by atoms with E-state index in [1.165, 1.54) is 22.0 Å². The molecule has 0 unspecified atom stereocenters. The van der Waals surface area contributed by atoms with Crippen LogP contribution in [0.2, 0.25) is 0 Å². The molecule has 0 saturated heterocycles.